The predicted octanol–water partition coefficient (Wildman–Crippen LogP) is 2.82. The standard InChI is InChI=1S/C6H13N.FH.2HI.Pb/c7-6-4-2-1-3-5-6;;;;/h6H,1-5,7H2;3*1H;/q;;;;+2/p-2. The Balaban J connectivity index is 0. The Kier molecular flexibility index (Phi) is 17.6. The van der Waals surface area contributed by atoms with Gasteiger partial charge in [0, 0.05) is 6.04 Å². The van der Waals surface area contributed by atoms with E-state index in [1.54, 1.807) is 0 Å². The number of halogens is 3. The molecule has 1 fully saturated rings. The van der Waals surface area contributed by atoms with Crippen molar-refractivity contribution in [2.45, 2.75) is 38.1 Å². The van der Waals surface area contributed by atoms with Crippen LogP contribution < -0.4 is 5.73 Å². The van der Waals surface area contributed by atoms with Gasteiger partial charge < -0.3 is 5.73 Å². The van der Waals surface area contributed by atoms with Crippen LogP contribution >= 0.6 is 35.5 Å². The van der Waals surface area contributed by atoms with Gasteiger partial charge in [-0.1, -0.05) is 19.3 Å². The molecule has 0 aromatic carbocycles. The second-order valence-corrected chi connectivity index (χ2v) is 30.6. The van der Waals surface area contributed by atoms with Gasteiger partial charge in [0.15, 0.2) is 0 Å². The molecule has 2 N–H and O–H groups in total. The number of hydrogen-bond acceptors (Lipinski definition) is 1. The van der Waals surface area contributed by atoms with E-state index in [9.17, 15) is 0 Å². The minimum absolute atomic E-state index is 0. The van der Waals surface area contributed by atoms with Crippen molar-refractivity contribution < 1.29 is 4.70 Å². The Morgan fingerprint density at radius 1 is 1.09 bits per heavy atom. The molecular formula is C6H14FI2NPb. The van der Waals surface area contributed by atoms with E-state index in [1.165, 1.54) is 32.1 Å². The average Bonchev–Trinajstić information content (AvgIpc) is 1.91. The van der Waals surface area contributed by atoms with Crippen LogP contribution in [0.4, 0.5) is 4.70 Å². The van der Waals surface area contributed by atoms with E-state index in [4.69, 9.17) is 5.73 Å². The molecule has 0 aromatic heterocycles. The van der Waals surface area contributed by atoms with E-state index < -0.39 is 0 Å². The van der Waals surface area contributed by atoms with Crippen molar-refractivity contribution in [2.75, 3.05) is 0 Å². The molecule has 1 rings (SSSR count). The molecule has 5 heteroatoms. The SMILES string of the molecule is F.NC1CCCCC1.[I][Pb][I]. The van der Waals surface area contributed by atoms with Gasteiger partial charge in [-0.05, 0) is 12.8 Å². The van der Waals surface area contributed by atoms with Crippen LogP contribution in [0.3, 0.4) is 0 Å². The second kappa shape index (κ2) is 12.3. The van der Waals surface area contributed by atoms with Crippen LogP contribution in [0.25, 0.3) is 0 Å². The van der Waals surface area contributed by atoms with Crippen molar-refractivity contribution in [1.82, 2.24) is 0 Å². The van der Waals surface area contributed by atoms with Gasteiger partial charge in [-0.3, -0.25) is 4.70 Å². The van der Waals surface area contributed by atoms with E-state index in [1.807, 2.05) is 0 Å². The summed E-state index contributed by atoms with van der Waals surface area (Å²) in [5, 5.41) is 0. The maximum atomic E-state index is 5.63. The van der Waals surface area contributed by atoms with Crippen molar-refractivity contribution in [3.05, 3.63) is 0 Å². The summed E-state index contributed by atoms with van der Waals surface area (Å²) in [6, 6.07) is 0.536. The number of rotatable bonds is 0. The molecule has 0 spiro atoms. The first kappa shape index (κ1) is 15.7. The van der Waals surface area contributed by atoms with Gasteiger partial charge in [0.2, 0.25) is 0 Å². The molecule has 0 aromatic rings. The minimum atomic E-state index is 0. The molecule has 2 radical (unpaired) electrons. The van der Waals surface area contributed by atoms with Gasteiger partial charge >= 0.3 is 51.2 Å². The summed E-state index contributed by atoms with van der Waals surface area (Å²) in [4.78, 5) is 0. The van der Waals surface area contributed by atoms with Crippen molar-refractivity contribution >= 4 is 51.2 Å². The summed E-state index contributed by atoms with van der Waals surface area (Å²) in [5.41, 5.74) is 5.63. The number of nitrogens with two attached hydrogens (primary N) is 1. The van der Waals surface area contributed by atoms with Gasteiger partial charge in [-0.2, -0.15) is 0 Å². The molecule has 68 valence electrons. The molecule has 1 aliphatic rings. The molecule has 1 nitrogen and oxygen atoms in total. The Morgan fingerprint density at radius 3 is 1.64 bits per heavy atom. The van der Waals surface area contributed by atoms with E-state index in [2.05, 4.69) is 35.5 Å². The summed E-state index contributed by atoms with van der Waals surface area (Å²) in [6.45, 7) is 0. The summed E-state index contributed by atoms with van der Waals surface area (Å²) >= 11 is 4.96. The first-order chi connectivity index (χ1) is 4.81. The van der Waals surface area contributed by atoms with Crippen LogP contribution in [0, 0.1) is 0 Å². The van der Waals surface area contributed by atoms with Gasteiger partial charge in [0.25, 0.3) is 0 Å². The molecule has 1 saturated carbocycles. The van der Waals surface area contributed by atoms with Crippen molar-refractivity contribution in [1.29, 1.82) is 0 Å². The molecule has 0 bridgehead atoms. The Bertz CT molecular complexity index is 71.6. The zero-order chi connectivity index (χ0) is 7.82. The quantitative estimate of drug-likeness (QED) is 0.347. The molecule has 0 heterocycles. The zero-order valence-electron chi connectivity index (χ0n) is 6.35. The van der Waals surface area contributed by atoms with E-state index in [-0.39, 0.29) is 20.4 Å². The fourth-order valence-corrected chi connectivity index (χ4v) is 1.13. The molecule has 0 saturated heterocycles. The zero-order valence-corrected chi connectivity index (χ0v) is 14.6. The van der Waals surface area contributed by atoms with E-state index in [0.29, 0.717) is 6.04 Å². The first-order valence-electron chi connectivity index (χ1n) is 3.53. The molecule has 1 aliphatic carbocycles. The van der Waals surface area contributed by atoms with E-state index >= 15 is 0 Å². The normalized spacial score (nSPS) is 17.7. The molecular weight excluding hydrogens is 566 g/mol. The molecule has 0 amide bonds. The summed E-state index contributed by atoms with van der Waals surface area (Å²) in [7, 11) is 0. The van der Waals surface area contributed by atoms with Crippen LogP contribution in [0.1, 0.15) is 32.1 Å². The predicted molar refractivity (Wildman–Crippen MR) is 67.4 cm³/mol. The van der Waals surface area contributed by atoms with Crippen LogP contribution in [0.5, 0.6) is 0 Å². The summed E-state index contributed by atoms with van der Waals surface area (Å²) in [6.07, 6.45) is 6.66. The molecule has 0 unspecified atom stereocenters. The monoisotopic (exact) mass is 581 g/mol. The first-order valence-corrected chi connectivity index (χ1v) is 25.4. The Hall–Kier alpha value is 2.27. The second-order valence-electron chi connectivity index (χ2n) is 2.47. The molecule has 0 aliphatic heterocycles. The number of hydrogen-bond donors (Lipinski definition) is 1. The van der Waals surface area contributed by atoms with Gasteiger partial charge in [-0.25, -0.2) is 0 Å². The third-order valence-electron chi connectivity index (χ3n) is 1.65. The average molecular weight is 580 g/mol. The summed E-state index contributed by atoms with van der Waals surface area (Å²) in [5.74, 6) is 0. The molecule has 11 heavy (non-hydrogen) atoms. The van der Waals surface area contributed by atoms with Gasteiger partial charge in [0.05, 0.1) is 0 Å². The van der Waals surface area contributed by atoms with Crippen molar-refractivity contribution in [3.63, 3.8) is 0 Å². The topological polar surface area (TPSA) is 26.0 Å². The Morgan fingerprint density at radius 2 is 1.45 bits per heavy atom. The van der Waals surface area contributed by atoms with Crippen molar-refractivity contribution in [3.8, 4) is 0 Å². The fraction of sp³-hybridized carbons (Fsp3) is 1.00. The summed E-state index contributed by atoms with van der Waals surface area (Å²) < 4.78 is 0. The third-order valence-corrected chi connectivity index (χ3v) is 1.65. The van der Waals surface area contributed by atoms with Crippen LogP contribution in [0.2, 0.25) is 0 Å². The van der Waals surface area contributed by atoms with E-state index in [0.717, 1.165) is 0 Å². The van der Waals surface area contributed by atoms with Gasteiger partial charge in [-0.15, -0.1) is 0 Å². The van der Waals surface area contributed by atoms with Gasteiger partial charge in [0.1, 0.15) is 0 Å². The molecule has 0 atom stereocenters. The fourth-order valence-electron chi connectivity index (χ4n) is 1.13. The van der Waals surface area contributed by atoms with Crippen LogP contribution in [-0.4, -0.2) is 21.7 Å². The van der Waals surface area contributed by atoms with Crippen molar-refractivity contribution in [2.24, 2.45) is 5.73 Å². The Labute approximate surface area is 98.1 Å². The maximum absolute atomic E-state index is 5.63. The van der Waals surface area contributed by atoms with Crippen LogP contribution in [-0.2, 0) is 0 Å². The third kappa shape index (κ3) is 12.3. The van der Waals surface area contributed by atoms with Crippen LogP contribution in [0.15, 0.2) is 0 Å².